The van der Waals surface area contributed by atoms with Gasteiger partial charge in [0.2, 0.25) is 0 Å². The molecule has 0 bridgehead atoms. The molecule has 0 N–H and O–H groups in total. The van der Waals surface area contributed by atoms with Crippen LogP contribution in [0.15, 0.2) is 42.5 Å². The Bertz CT molecular complexity index is 809. The molecule has 1 aromatic heterocycles. The minimum absolute atomic E-state index is 0.0613. The Labute approximate surface area is 128 Å². The molecule has 0 spiro atoms. The van der Waals surface area contributed by atoms with E-state index in [1.54, 1.807) is 4.68 Å². The Balaban J connectivity index is 1.70. The number of aryl methyl sites for hydroxylation is 2. The molecule has 3 aromatic rings. The number of benzene rings is 2. The summed E-state index contributed by atoms with van der Waals surface area (Å²) >= 11 is 0. The van der Waals surface area contributed by atoms with E-state index in [0.717, 1.165) is 27.7 Å². The van der Waals surface area contributed by atoms with Crippen LogP contribution in [0.2, 0.25) is 0 Å². The molecule has 0 amide bonds. The molecule has 0 unspecified atom stereocenters. The third-order valence-corrected chi connectivity index (χ3v) is 3.65. The van der Waals surface area contributed by atoms with E-state index < -0.39 is 0 Å². The number of ether oxygens (including phenoxy) is 1. The Morgan fingerprint density at radius 2 is 1.86 bits per heavy atom. The zero-order chi connectivity index (χ0) is 15.5. The van der Waals surface area contributed by atoms with Crippen LogP contribution in [0.1, 0.15) is 16.7 Å². The Morgan fingerprint density at radius 1 is 1.14 bits per heavy atom. The highest BCUT2D eigenvalue weighted by molar-refractivity contribution is 5.78. The summed E-state index contributed by atoms with van der Waals surface area (Å²) in [6.07, 6.45) is 0. The zero-order valence-electron chi connectivity index (χ0n) is 12.6. The van der Waals surface area contributed by atoms with Crippen molar-refractivity contribution in [3.05, 3.63) is 59.2 Å². The first-order valence-corrected chi connectivity index (χ1v) is 7.13. The number of hydrogen-bond donors (Lipinski definition) is 0. The number of aromatic nitrogens is 3. The fourth-order valence-corrected chi connectivity index (χ4v) is 2.25. The Morgan fingerprint density at radius 3 is 2.64 bits per heavy atom. The van der Waals surface area contributed by atoms with Gasteiger partial charge in [-0.2, -0.15) is 0 Å². The minimum atomic E-state index is -0.325. The van der Waals surface area contributed by atoms with Crippen molar-refractivity contribution in [3.63, 3.8) is 0 Å². The summed E-state index contributed by atoms with van der Waals surface area (Å²) in [6.45, 7) is 4.39. The van der Waals surface area contributed by atoms with Gasteiger partial charge in [-0.25, -0.2) is 4.68 Å². The van der Waals surface area contributed by atoms with E-state index in [-0.39, 0.29) is 19.1 Å². The molecule has 3 rings (SSSR count). The van der Waals surface area contributed by atoms with Crippen LogP contribution in [0.3, 0.4) is 0 Å². The average Bonchev–Trinajstić information content (AvgIpc) is 2.89. The quantitative estimate of drug-likeness (QED) is 0.694. The number of fused-ring (bicyclic) bond motifs is 1. The van der Waals surface area contributed by atoms with E-state index in [2.05, 4.69) is 10.3 Å². The second-order valence-corrected chi connectivity index (χ2v) is 5.32. The lowest BCUT2D eigenvalue weighted by molar-refractivity contribution is -0.145. The molecule has 0 aliphatic rings. The van der Waals surface area contributed by atoms with Crippen LogP contribution in [0.4, 0.5) is 0 Å². The molecule has 0 atom stereocenters. The summed E-state index contributed by atoms with van der Waals surface area (Å²) in [5.74, 6) is -0.325. The first-order valence-electron chi connectivity index (χ1n) is 7.13. The fraction of sp³-hybridized carbons (Fsp3) is 0.235. The molecule has 22 heavy (non-hydrogen) atoms. The van der Waals surface area contributed by atoms with E-state index >= 15 is 0 Å². The van der Waals surface area contributed by atoms with Crippen molar-refractivity contribution in [2.45, 2.75) is 27.0 Å². The van der Waals surface area contributed by atoms with E-state index in [4.69, 9.17) is 4.74 Å². The summed E-state index contributed by atoms with van der Waals surface area (Å²) in [7, 11) is 0. The number of carbonyl (C=O) groups is 1. The first-order chi connectivity index (χ1) is 10.6. The van der Waals surface area contributed by atoms with E-state index in [1.807, 2.05) is 56.3 Å². The van der Waals surface area contributed by atoms with Crippen molar-refractivity contribution in [1.29, 1.82) is 0 Å². The Hall–Kier alpha value is -2.69. The summed E-state index contributed by atoms with van der Waals surface area (Å²) in [4.78, 5) is 12.0. The maximum atomic E-state index is 12.0. The molecule has 5 nitrogen and oxygen atoms in total. The molecule has 112 valence electrons. The Kier molecular flexibility index (Phi) is 3.87. The van der Waals surface area contributed by atoms with Gasteiger partial charge in [0.15, 0.2) is 0 Å². The number of rotatable bonds is 4. The van der Waals surface area contributed by atoms with Gasteiger partial charge in [-0.1, -0.05) is 35.5 Å². The van der Waals surface area contributed by atoms with Crippen molar-refractivity contribution >= 4 is 17.0 Å². The van der Waals surface area contributed by atoms with Crippen LogP contribution < -0.4 is 0 Å². The molecule has 0 saturated heterocycles. The highest BCUT2D eigenvalue weighted by Gasteiger charge is 2.11. The lowest BCUT2D eigenvalue weighted by Gasteiger charge is -2.06. The molecule has 0 fully saturated rings. The van der Waals surface area contributed by atoms with Crippen molar-refractivity contribution in [3.8, 4) is 0 Å². The third-order valence-electron chi connectivity index (χ3n) is 3.65. The molecular weight excluding hydrogens is 278 g/mol. The monoisotopic (exact) mass is 295 g/mol. The van der Waals surface area contributed by atoms with Gasteiger partial charge in [0.05, 0.1) is 5.52 Å². The predicted molar refractivity (Wildman–Crippen MR) is 83.2 cm³/mol. The highest BCUT2D eigenvalue weighted by atomic mass is 16.5. The fourth-order valence-electron chi connectivity index (χ4n) is 2.25. The molecule has 0 aliphatic carbocycles. The molecule has 0 aliphatic heterocycles. The first kappa shape index (κ1) is 14.3. The smallest absolute Gasteiger partial charge is 0.328 e. The van der Waals surface area contributed by atoms with Gasteiger partial charge in [-0.05, 0) is 42.7 Å². The highest BCUT2D eigenvalue weighted by Crippen LogP contribution is 2.17. The number of nitrogens with zero attached hydrogens (tertiary/aromatic N) is 3. The van der Waals surface area contributed by atoms with E-state index in [0.29, 0.717) is 0 Å². The SMILES string of the molecule is Cc1cc2nnn(CC(=O)OCc3ccccc3)c2cc1C. The number of esters is 1. The van der Waals surface area contributed by atoms with Crippen LogP contribution in [0.25, 0.3) is 11.0 Å². The van der Waals surface area contributed by atoms with Crippen LogP contribution >= 0.6 is 0 Å². The standard InChI is InChI=1S/C17H17N3O2/c1-12-8-15-16(9-13(12)2)20(19-18-15)10-17(21)22-11-14-6-4-3-5-7-14/h3-9H,10-11H2,1-2H3. The van der Waals surface area contributed by atoms with Crippen molar-refractivity contribution in [1.82, 2.24) is 15.0 Å². The summed E-state index contributed by atoms with van der Waals surface area (Å²) in [6, 6.07) is 13.6. The van der Waals surface area contributed by atoms with Crippen molar-refractivity contribution in [2.24, 2.45) is 0 Å². The van der Waals surface area contributed by atoms with Crippen LogP contribution in [-0.4, -0.2) is 21.0 Å². The second kappa shape index (κ2) is 5.97. The second-order valence-electron chi connectivity index (χ2n) is 5.32. The normalized spacial score (nSPS) is 10.8. The van der Waals surface area contributed by atoms with Crippen molar-refractivity contribution in [2.75, 3.05) is 0 Å². The van der Waals surface area contributed by atoms with Crippen LogP contribution in [0, 0.1) is 13.8 Å². The average molecular weight is 295 g/mol. The maximum absolute atomic E-state index is 12.0. The van der Waals surface area contributed by atoms with E-state index in [9.17, 15) is 4.79 Å². The van der Waals surface area contributed by atoms with Crippen LogP contribution in [0.5, 0.6) is 0 Å². The van der Waals surface area contributed by atoms with E-state index in [1.165, 1.54) is 0 Å². The van der Waals surface area contributed by atoms with Gasteiger partial charge in [-0.3, -0.25) is 4.79 Å². The lowest BCUT2D eigenvalue weighted by Crippen LogP contribution is -2.14. The molecule has 2 aromatic carbocycles. The molecule has 5 heteroatoms. The minimum Gasteiger partial charge on any atom is -0.459 e. The molecule has 0 radical (unpaired) electrons. The van der Waals surface area contributed by atoms with Crippen molar-refractivity contribution < 1.29 is 9.53 Å². The van der Waals surface area contributed by atoms with Gasteiger partial charge in [0.1, 0.15) is 18.7 Å². The van der Waals surface area contributed by atoms with Gasteiger partial charge in [-0.15, -0.1) is 5.10 Å². The summed E-state index contributed by atoms with van der Waals surface area (Å²) in [5.41, 5.74) is 4.91. The zero-order valence-corrected chi connectivity index (χ0v) is 12.6. The maximum Gasteiger partial charge on any atom is 0.328 e. The van der Waals surface area contributed by atoms with Crippen LogP contribution in [-0.2, 0) is 22.7 Å². The van der Waals surface area contributed by atoms with Gasteiger partial charge in [0.25, 0.3) is 0 Å². The number of hydrogen-bond acceptors (Lipinski definition) is 4. The molecule has 0 saturated carbocycles. The topological polar surface area (TPSA) is 57.0 Å². The largest absolute Gasteiger partial charge is 0.459 e. The predicted octanol–water partition coefficient (Wildman–Crippen LogP) is 2.79. The molecular formula is C17H17N3O2. The summed E-state index contributed by atoms with van der Waals surface area (Å²) < 4.78 is 6.86. The van der Waals surface area contributed by atoms with Gasteiger partial charge < -0.3 is 4.74 Å². The molecule has 1 heterocycles. The third kappa shape index (κ3) is 2.98. The lowest BCUT2D eigenvalue weighted by atomic mass is 10.1. The van der Waals surface area contributed by atoms with Gasteiger partial charge in [0, 0.05) is 0 Å². The number of carbonyl (C=O) groups excluding carboxylic acids is 1. The van der Waals surface area contributed by atoms with Gasteiger partial charge >= 0.3 is 5.97 Å². The summed E-state index contributed by atoms with van der Waals surface area (Å²) in [5, 5.41) is 8.14.